The van der Waals surface area contributed by atoms with E-state index < -0.39 is 0 Å². The average Bonchev–Trinajstić information content (AvgIpc) is 2.92. The highest BCUT2D eigenvalue weighted by molar-refractivity contribution is 5.98. The van der Waals surface area contributed by atoms with Gasteiger partial charge in [-0.2, -0.15) is 5.10 Å². The first kappa shape index (κ1) is 16.8. The Morgan fingerprint density at radius 2 is 1.92 bits per heavy atom. The highest BCUT2D eigenvalue weighted by Gasteiger charge is 2.60. The van der Waals surface area contributed by atoms with E-state index >= 15 is 0 Å². The van der Waals surface area contributed by atoms with Gasteiger partial charge in [0.2, 0.25) is 0 Å². The molecule has 2 aliphatic rings. The number of fused-ring (bicyclic) bond motifs is 2. The number of rotatable bonds is 4. The van der Waals surface area contributed by atoms with Gasteiger partial charge in [0.15, 0.2) is 11.5 Å². The molecule has 0 radical (unpaired) electrons. The van der Waals surface area contributed by atoms with Crippen LogP contribution in [0.4, 0.5) is 0 Å². The van der Waals surface area contributed by atoms with E-state index in [1.165, 1.54) is 6.42 Å². The third-order valence-corrected chi connectivity index (χ3v) is 6.45. The van der Waals surface area contributed by atoms with Crippen LogP contribution in [0, 0.1) is 16.7 Å². The molecule has 1 amide bonds. The van der Waals surface area contributed by atoms with Crippen LogP contribution in [-0.2, 0) is 0 Å². The first-order valence-corrected chi connectivity index (χ1v) is 8.43. The van der Waals surface area contributed by atoms with Gasteiger partial charge in [-0.1, -0.05) is 20.8 Å². The van der Waals surface area contributed by atoms with Crippen molar-refractivity contribution >= 4 is 11.6 Å². The Kier molecular flexibility index (Phi) is 4.06. The van der Waals surface area contributed by atoms with Crippen LogP contribution in [0.1, 0.15) is 50.4 Å². The van der Waals surface area contributed by atoms with Crippen molar-refractivity contribution in [3.05, 3.63) is 23.8 Å². The Hall–Kier alpha value is -2.04. The number of hydrogen-bond donors (Lipinski definition) is 1. The smallest absolute Gasteiger partial charge is 0.271 e. The van der Waals surface area contributed by atoms with Crippen LogP contribution in [0.25, 0.3) is 0 Å². The van der Waals surface area contributed by atoms with E-state index in [1.54, 1.807) is 32.4 Å². The predicted octanol–water partition coefficient (Wildman–Crippen LogP) is 3.64. The molecule has 130 valence electrons. The summed E-state index contributed by atoms with van der Waals surface area (Å²) in [4.78, 5) is 12.4. The monoisotopic (exact) mass is 330 g/mol. The van der Waals surface area contributed by atoms with Crippen molar-refractivity contribution < 1.29 is 14.3 Å². The van der Waals surface area contributed by atoms with Crippen LogP contribution in [0.15, 0.2) is 23.3 Å². The summed E-state index contributed by atoms with van der Waals surface area (Å²) in [5.41, 5.74) is 4.69. The number of ether oxygens (including phenoxy) is 2. The SMILES string of the molecule is COc1ccc(C(=O)N/N=C2/C[C@@H]3CC[C@]2(C)C3(C)C)cc1OC. The summed E-state index contributed by atoms with van der Waals surface area (Å²) in [6, 6.07) is 5.10. The van der Waals surface area contributed by atoms with Crippen molar-refractivity contribution in [1.82, 2.24) is 5.43 Å². The van der Waals surface area contributed by atoms with Crippen molar-refractivity contribution in [3.8, 4) is 11.5 Å². The Morgan fingerprint density at radius 1 is 1.21 bits per heavy atom. The number of hydrogen-bond acceptors (Lipinski definition) is 4. The molecule has 2 bridgehead atoms. The van der Waals surface area contributed by atoms with Gasteiger partial charge in [-0.25, -0.2) is 5.43 Å². The second-order valence-corrected chi connectivity index (χ2v) is 7.56. The largest absolute Gasteiger partial charge is 0.493 e. The standard InChI is InChI=1S/C19H26N2O3/c1-18(2)13-8-9-19(18,3)16(11-13)20-21-17(22)12-6-7-14(23-4)15(10-12)24-5/h6-7,10,13H,8-9,11H2,1-5H3,(H,21,22)/b20-16-/t13-,19-/m0/s1. The van der Waals surface area contributed by atoms with Crippen molar-refractivity contribution in [3.63, 3.8) is 0 Å². The van der Waals surface area contributed by atoms with Crippen LogP contribution in [0.3, 0.4) is 0 Å². The molecule has 0 unspecified atom stereocenters. The van der Waals surface area contributed by atoms with Gasteiger partial charge in [0.25, 0.3) is 5.91 Å². The number of nitrogens with zero attached hydrogens (tertiary/aromatic N) is 1. The van der Waals surface area contributed by atoms with Crippen molar-refractivity contribution in [2.75, 3.05) is 14.2 Å². The zero-order valence-corrected chi connectivity index (χ0v) is 15.1. The number of carbonyl (C=O) groups is 1. The molecular formula is C19H26N2O3. The third-order valence-electron chi connectivity index (χ3n) is 6.45. The van der Waals surface area contributed by atoms with Crippen LogP contribution in [0.5, 0.6) is 11.5 Å². The van der Waals surface area contributed by atoms with Gasteiger partial charge in [0.05, 0.1) is 14.2 Å². The van der Waals surface area contributed by atoms with Gasteiger partial charge >= 0.3 is 0 Å². The van der Waals surface area contributed by atoms with Crippen LogP contribution in [0.2, 0.25) is 0 Å². The summed E-state index contributed by atoms with van der Waals surface area (Å²) >= 11 is 0. The number of amides is 1. The highest BCUT2D eigenvalue weighted by Crippen LogP contribution is 2.63. The van der Waals surface area contributed by atoms with Crippen molar-refractivity contribution in [1.29, 1.82) is 0 Å². The fourth-order valence-electron chi connectivity index (χ4n) is 4.26. The summed E-state index contributed by atoms with van der Waals surface area (Å²) in [6.45, 7) is 6.92. The molecule has 1 N–H and O–H groups in total. The molecule has 3 rings (SSSR count). The lowest BCUT2D eigenvalue weighted by Gasteiger charge is -2.34. The number of nitrogens with one attached hydrogen (secondary N) is 1. The first-order valence-electron chi connectivity index (χ1n) is 8.43. The maximum Gasteiger partial charge on any atom is 0.271 e. The molecule has 1 aromatic carbocycles. The Labute approximate surface area is 143 Å². The first-order chi connectivity index (χ1) is 11.3. The van der Waals surface area contributed by atoms with E-state index in [2.05, 4.69) is 31.3 Å². The molecule has 2 aliphatic carbocycles. The van der Waals surface area contributed by atoms with E-state index in [0.717, 1.165) is 18.6 Å². The minimum atomic E-state index is -0.229. The molecule has 5 nitrogen and oxygen atoms in total. The summed E-state index contributed by atoms with van der Waals surface area (Å²) in [7, 11) is 3.12. The lowest BCUT2D eigenvalue weighted by Crippen LogP contribution is -2.34. The molecule has 2 saturated carbocycles. The molecule has 0 saturated heterocycles. The minimum Gasteiger partial charge on any atom is -0.493 e. The summed E-state index contributed by atoms with van der Waals surface area (Å²) in [5, 5.41) is 4.49. The van der Waals surface area contributed by atoms with Gasteiger partial charge in [-0.05, 0) is 48.8 Å². The quantitative estimate of drug-likeness (QED) is 0.858. The molecule has 0 heterocycles. The fourth-order valence-corrected chi connectivity index (χ4v) is 4.26. The molecule has 0 spiro atoms. The molecule has 5 heteroatoms. The Balaban J connectivity index is 1.77. The zero-order valence-electron chi connectivity index (χ0n) is 15.1. The normalized spacial score (nSPS) is 28.9. The molecule has 2 atom stereocenters. The van der Waals surface area contributed by atoms with Gasteiger partial charge in [0, 0.05) is 16.7 Å². The van der Waals surface area contributed by atoms with E-state index in [4.69, 9.17) is 9.47 Å². The van der Waals surface area contributed by atoms with E-state index in [0.29, 0.717) is 23.0 Å². The van der Waals surface area contributed by atoms with Crippen LogP contribution in [-0.4, -0.2) is 25.8 Å². The van der Waals surface area contributed by atoms with Crippen LogP contribution >= 0.6 is 0 Å². The molecule has 0 aromatic heterocycles. The number of benzene rings is 1. The number of methoxy groups -OCH3 is 2. The van der Waals surface area contributed by atoms with E-state index in [-0.39, 0.29) is 16.7 Å². The summed E-state index contributed by atoms with van der Waals surface area (Å²) < 4.78 is 10.4. The minimum absolute atomic E-state index is 0.0859. The topological polar surface area (TPSA) is 59.9 Å². The summed E-state index contributed by atoms with van der Waals surface area (Å²) in [5.74, 6) is 1.57. The van der Waals surface area contributed by atoms with E-state index in [1.807, 2.05) is 0 Å². The maximum atomic E-state index is 12.4. The van der Waals surface area contributed by atoms with Gasteiger partial charge in [-0.3, -0.25) is 4.79 Å². The summed E-state index contributed by atoms with van der Waals surface area (Å²) in [6.07, 6.45) is 3.39. The molecule has 2 fully saturated rings. The second-order valence-electron chi connectivity index (χ2n) is 7.56. The van der Waals surface area contributed by atoms with Crippen molar-refractivity contribution in [2.45, 2.75) is 40.0 Å². The van der Waals surface area contributed by atoms with Gasteiger partial charge in [0.1, 0.15) is 0 Å². The fraction of sp³-hybridized carbons (Fsp3) is 0.579. The van der Waals surface area contributed by atoms with Crippen molar-refractivity contribution in [2.24, 2.45) is 21.8 Å². The lowest BCUT2D eigenvalue weighted by molar-refractivity contribution is 0.0953. The number of carbonyl (C=O) groups excluding carboxylic acids is 1. The van der Waals surface area contributed by atoms with Crippen LogP contribution < -0.4 is 14.9 Å². The van der Waals surface area contributed by atoms with E-state index in [9.17, 15) is 4.79 Å². The van der Waals surface area contributed by atoms with Gasteiger partial charge < -0.3 is 9.47 Å². The Bertz CT molecular complexity index is 696. The molecule has 1 aromatic rings. The average molecular weight is 330 g/mol. The highest BCUT2D eigenvalue weighted by atomic mass is 16.5. The molecule has 24 heavy (non-hydrogen) atoms. The number of hydrazone groups is 1. The maximum absolute atomic E-state index is 12.4. The predicted molar refractivity (Wildman–Crippen MR) is 93.7 cm³/mol. The Morgan fingerprint density at radius 3 is 2.46 bits per heavy atom. The molecular weight excluding hydrogens is 304 g/mol. The zero-order chi connectivity index (χ0) is 17.5. The second kappa shape index (κ2) is 5.80. The third kappa shape index (κ3) is 2.38. The lowest BCUT2D eigenvalue weighted by atomic mass is 9.70. The van der Waals surface area contributed by atoms with Gasteiger partial charge in [-0.15, -0.1) is 0 Å². The molecule has 0 aliphatic heterocycles.